The van der Waals surface area contributed by atoms with Gasteiger partial charge in [-0.1, -0.05) is 0 Å². The number of rotatable bonds is 3. The number of nitrogen functional groups attached to an aromatic ring is 1. The average Bonchev–Trinajstić information content (AvgIpc) is 2.03. The van der Waals surface area contributed by atoms with Crippen LogP contribution >= 0.6 is 0 Å². The van der Waals surface area contributed by atoms with E-state index in [9.17, 15) is 8.42 Å². The van der Waals surface area contributed by atoms with Crippen molar-refractivity contribution in [1.82, 2.24) is 0 Å². The monoisotopic (exact) mass is 201 g/mol. The lowest BCUT2D eigenvalue weighted by Crippen LogP contribution is -2.10. The molecule has 0 saturated heterocycles. The molecule has 1 aromatic rings. The third-order valence-corrected chi connectivity index (χ3v) is 1.96. The fourth-order valence-electron chi connectivity index (χ4n) is 0.849. The first-order valence-corrected chi connectivity index (χ1v) is 5.45. The van der Waals surface area contributed by atoms with Gasteiger partial charge in [0.2, 0.25) is 10.0 Å². The normalized spacial score (nSPS) is 10.9. The quantitative estimate of drug-likeness (QED) is 0.486. The summed E-state index contributed by atoms with van der Waals surface area (Å²) in [4.78, 5) is 0. The summed E-state index contributed by atoms with van der Waals surface area (Å²) in [7, 11) is -3.20. The maximum Gasteiger partial charge on any atom is 0.229 e. The highest BCUT2D eigenvalue weighted by atomic mass is 32.2. The van der Waals surface area contributed by atoms with E-state index in [0.717, 1.165) is 11.9 Å². The zero-order chi connectivity index (χ0) is 9.90. The Morgan fingerprint density at radius 3 is 2.00 bits per heavy atom. The number of hydrogen-bond acceptors (Lipinski definition) is 4. The number of sulfonamides is 1. The number of benzene rings is 1. The number of anilines is 2. The number of nitrogens with one attached hydrogen (secondary N) is 2. The van der Waals surface area contributed by atoms with Crippen molar-refractivity contribution in [2.75, 3.05) is 16.4 Å². The molecule has 0 aliphatic carbocycles. The second-order valence-electron chi connectivity index (χ2n) is 2.60. The summed E-state index contributed by atoms with van der Waals surface area (Å²) in [6.45, 7) is 0. The minimum Gasteiger partial charge on any atom is -0.324 e. The van der Waals surface area contributed by atoms with E-state index in [1.54, 1.807) is 24.3 Å². The molecule has 0 aliphatic rings. The minimum absolute atomic E-state index is 0.515. The molecule has 5 nitrogen and oxygen atoms in total. The molecule has 1 aromatic carbocycles. The van der Waals surface area contributed by atoms with Crippen LogP contribution in [0, 0.1) is 0 Å². The Labute approximate surface area is 77.0 Å². The van der Waals surface area contributed by atoms with Gasteiger partial charge in [-0.15, -0.1) is 0 Å². The highest BCUT2D eigenvalue weighted by molar-refractivity contribution is 7.92. The van der Waals surface area contributed by atoms with E-state index < -0.39 is 10.0 Å². The number of hydrazine groups is 1. The Kier molecular flexibility index (Phi) is 2.74. The van der Waals surface area contributed by atoms with Gasteiger partial charge in [0.15, 0.2) is 0 Å². The van der Waals surface area contributed by atoms with Gasteiger partial charge < -0.3 is 5.43 Å². The van der Waals surface area contributed by atoms with Crippen LogP contribution in [0.3, 0.4) is 0 Å². The number of nitrogens with two attached hydrogens (primary N) is 1. The molecule has 13 heavy (non-hydrogen) atoms. The van der Waals surface area contributed by atoms with Gasteiger partial charge in [-0.05, 0) is 24.3 Å². The largest absolute Gasteiger partial charge is 0.324 e. The van der Waals surface area contributed by atoms with Crippen molar-refractivity contribution < 1.29 is 8.42 Å². The van der Waals surface area contributed by atoms with Crippen LogP contribution in [0.25, 0.3) is 0 Å². The van der Waals surface area contributed by atoms with Gasteiger partial charge in [-0.25, -0.2) is 8.42 Å². The molecule has 0 aromatic heterocycles. The van der Waals surface area contributed by atoms with Crippen LogP contribution in [0.1, 0.15) is 0 Å². The molecular weight excluding hydrogens is 190 g/mol. The van der Waals surface area contributed by atoms with Gasteiger partial charge in [0.05, 0.1) is 6.26 Å². The third-order valence-electron chi connectivity index (χ3n) is 1.35. The maximum absolute atomic E-state index is 10.8. The van der Waals surface area contributed by atoms with Gasteiger partial charge in [0.1, 0.15) is 0 Å². The maximum atomic E-state index is 10.8. The van der Waals surface area contributed by atoms with Crippen LogP contribution in [-0.2, 0) is 10.0 Å². The van der Waals surface area contributed by atoms with Gasteiger partial charge in [-0.2, -0.15) is 0 Å². The van der Waals surface area contributed by atoms with Crippen molar-refractivity contribution in [3.05, 3.63) is 24.3 Å². The molecule has 72 valence electrons. The average molecular weight is 201 g/mol. The Morgan fingerprint density at radius 1 is 1.15 bits per heavy atom. The molecule has 0 bridgehead atoms. The van der Waals surface area contributed by atoms with Crippen molar-refractivity contribution in [3.63, 3.8) is 0 Å². The molecule has 6 heteroatoms. The summed E-state index contributed by atoms with van der Waals surface area (Å²) in [5, 5.41) is 0. The Hall–Kier alpha value is -1.27. The first-order valence-electron chi connectivity index (χ1n) is 3.56. The summed E-state index contributed by atoms with van der Waals surface area (Å²) >= 11 is 0. The predicted molar refractivity (Wildman–Crippen MR) is 52.7 cm³/mol. The van der Waals surface area contributed by atoms with Gasteiger partial charge in [0, 0.05) is 11.4 Å². The van der Waals surface area contributed by atoms with Crippen LogP contribution < -0.4 is 16.0 Å². The SMILES string of the molecule is CS(=O)(=O)Nc1ccc(NN)cc1. The lowest BCUT2D eigenvalue weighted by molar-refractivity contribution is 0.607. The van der Waals surface area contributed by atoms with Crippen molar-refractivity contribution in [3.8, 4) is 0 Å². The van der Waals surface area contributed by atoms with E-state index in [1.165, 1.54) is 0 Å². The Morgan fingerprint density at radius 2 is 1.62 bits per heavy atom. The van der Waals surface area contributed by atoms with E-state index in [2.05, 4.69) is 10.1 Å². The van der Waals surface area contributed by atoms with Gasteiger partial charge in [0.25, 0.3) is 0 Å². The molecule has 0 heterocycles. The van der Waals surface area contributed by atoms with E-state index in [0.29, 0.717) is 5.69 Å². The predicted octanol–water partition coefficient (Wildman–Crippen LogP) is 0.344. The summed E-state index contributed by atoms with van der Waals surface area (Å²) in [6, 6.07) is 6.59. The van der Waals surface area contributed by atoms with E-state index in [1.807, 2.05) is 0 Å². The molecule has 0 radical (unpaired) electrons. The highest BCUT2D eigenvalue weighted by Gasteiger charge is 2.00. The molecule has 0 saturated carbocycles. The van der Waals surface area contributed by atoms with E-state index in [-0.39, 0.29) is 0 Å². The van der Waals surface area contributed by atoms with Crippen molar-refractivity contribution in [2.45, 2.75) is 0 Å². The van der Waals surface area contributed by atoms with Crippen molar-refractivity contribution in [1.29, 1.82) is 0 Å². The zero-order valence-electron chi connectivity index (χ0n) is 7.11. The van der Waals surface area contributed by atoms with Gasteiger partial charge in [-0.3, -0.25) is 10.6 Å². The van der Waals surface area contributed by atoms with Gasteiger partial charge >= 0.3 is 0 Å². The zero-order valence-corrected chi connectivity index (χ0v) is 7.93. The summed E-state index contributed by atoms with van der Waals surface area (Å²) < 4.78 is 23.9. The lowest BCUT2D eigenvalue weighted by Gasteiger charge is -2.04. The second kappa shape index (κ2) is 3.63. The molecule has 0 aliphatic heterocycles. The van der Waals surface area contributed by atoms with Crippen LogP contribution in [0.5, 0.6) is 0 Å². The molecule has 1 rings (SSSR count). The fraction of sp³-hybridized carbons (Fsp3) is 0.143. The molecular formula is C7H11N3O2S. The van der Waals surface area contributed by atoms with Crippen LogP contribution in [-0.4, -0.2) is 14.7 Å². The third kappa shape index (κ3) is 3.30. The molecule has 0 amide bonds. The van der Waals surface area contributed by atoms with E-state index >= 15 is 0 Å². The summed E-state index contributed by atoms with van der Waals surface area (Å²) in [6.07, 6.45) is 1.10. The lowest BCUT2D eigenvalue weighted by atomic mass is 10.3. The molecule has 4 N–H and O–H groups in total. The molecule has 0 atom stereocenters. The first kappa shape index (κ1) is 9.82. The summed E-state index contributed by atoms with van der Waals surface area (Å²) in [5.41, 5.74) is 3.68. The topological polar surface area (TPSA) is 84.2 Å². The Balaban J connectivity index is 2.81. The first-order chi connectivity index (χ1) is 6.01. The molecule has 0 fully saturated rings. The minimum atomic E-state index is -3.20. The van der Waals surface area contributed by atoms with Crippen LogP contribution in [0.2, 0.25) is 0 Å². The highest BCUT2D eigenvalue weighted by Crippen LogP contribution is 2.12. The van der Waals surface area contributed by atoms with Crippen LogP contribution in [0.4, 0.5) is 11.4 Å². The van der Waals surface area contributed by atoms with Crippen molar-refractivity contribution >= 4 is 21.4 Å². The smallest absolute Gasteiger partial charge is 0.229 e. The fourth-order valence-corrected chi connectivity index (χ4v) is 1.41. The van der Waals surface area contributed by atoms with Crippen molar-refractivity contribution in [2.24, 2.45) is 5.84 Å². The van der Waals surface area contributed by atoms with Crippen LogP contribution in [0.15, 0.2) is 24.3 Å². The molecule has 0 unspecified atom stereocenters. The molecule has 0 spiro atoms. The second-order valence-corrected chi connectivity index (χ2v) is 4.34. The van der Waals surface area contributed by atoms with E-state index in [4.69, 9.17) is 5.84 Å². The number of hydrogen-bond donors (Lipinski definition) is 3. The Bertz CT molecular complexity index is 371. The summed E-state index contributed by atoms with van der Waals surface area (Å²) in [5.74, 6) is 5.14. The standard InChI is InChI=1S/C7H11N3O2S/c1-13(11,12)10-7-4-2-6(9-8)3-5-7/h2-5,9-10H,8H2,1H3.